The van der Waals surface area contributed by atoms with Gasteiger partial charge in [-0.2, -0.15) is 0 Å². The lowest BCUT2D eigenvalue weighted by Gasteiger charge is -2.20. The van der Waals surface area contributed by atoms with Crippen LogP contribution in [0, 0.1) is 5.41 Å². The van der Waals surface area contributed by atoms with Gasteiger partial charge in [-0.3, -0.25) is 4.79 Å². The Labute approximate surface area is 117 Å². The smallest absolute Gasteiger partial charge is 0.247 e. The zero-order valence-electron chi connectivity index (χ0n) is 11.6. The van der Waals surface area contributed by atoms with E-state index in [1.807, 2.05) is 30.3 Å². The summed E-state index contributed by atoms with van der Waals surface area (Å²) in [5.41, 5.74) is 5.57. The summed E-state index contributed by atoms with van der Waals surface area (Å²) in [5, 5.41) is 11.0. The first-order valence-corrected chi connectivity index (χ1v) is 6.37. The summed E-state index contributed by atoms with van der Waals surface area (Å²) in [6.45, 7) is 4.42. The van der Waals surface area contributed by atoms with E-state index in [9.17, 15) is 4.79 Å². The molecule has 1 aromatic carbocycles. The number of nitrogens with one attached hydrogen (secondary N) is 1. The SMILES string of the molecule is CC(C)(CNCc1nnc(-c2ccccc2)o1)C(N)=O. The van der Waals surface area contributed by atoms with Gasteiger partial charge in [0.05, 0.1) is 12.0 Å². The fourth-order valence-electron chi connectivity index (χ4n) is 1.59. The quantitative estimate of drug-likeness (QED) is 0.829. The predicted molar refractivity (Wildman–Crippen MR) is 74.4 cm³/mol. The number of nitrogens with two attached hydrogens (primary N) is 1. The third-order valence-corrected chi connectivity index (χ3v) is 3.00. The third-order valence-electron chi connectivity index (χ3n) is 3.00. The van der Waals surface area contributed by atoms with Crippen molar-refractivity contribution in [3.05, 3.63) is 36.2 Å². The van der Waals surface area contributed by atoms with Crippen molar-refractivity contribution < 1.29 is 9.21 Å². The Morgan fingerprint density at radius 3 is 2.65 bits per heavy atom. The van der Waals surface area contributed by atoms with E-state index in [1.54, 1.807) is 13.8 Å². The van der Waals surface area contributed by atoms with Crippen molar-refractivity contribution in [2.45, 2.75) is 20.4 Å². The highest BCUT2D eigenvalue weighted by Gasteiger charge is 2.24. The molecule has 0 aliphatic rings. The fraction of sp³-hybridized carbons (Fsp3) is 0.357. The maximum Gasteiger partial charge on any atom is 0.247 e. The van der Waals surface area contributed by atoms with Crippen LogP contribution in [-0.2, 0) is 11.3 Å². The van der Waals surface area contributed by atoms with Crippen LogP contribution in [0.2, 0.25) is 0 Å². The van der Waals surface area contributed by atoms with Gasteiger partial charge in [0.25, 0.3) is 0 Å². The molecule has 1 heterocycles. The summed E-state index contributed by atoms with van der Waals surface area (Å²) in [6.07, 6.45) is 0. The lowest BCUT2D eigenvalue weighted by atomic mass is 9.93. The van der Waals surface area contributed by atoms with Gasteiger partial charge in [-0.05, 0) is 26.0 Å². The Morgan fingerprint density at radius 2 is 2.00 bits per heavy atom. The Morgan fingerprint density at radius 1 is 1.30 bits per heavy atom. The van der Waals surface area contributed by atoms with Crippen LogP contribution in [0.5, 0.6) is 0 Å². The summed E-state index contributed by atoms with van der Waals surface area (Å²) in [5.74, 6) is 0.612. The van der Waals surface area contributed by atoms with E-state index in [2.05, 4.69) is 15.5 Å². The van der Waals surface area contributed by atoms with Crippen LogP contribution in [0.4, 0.5) is 0 Å². The Hall–Kier alpha value is -2.21. The number of primary amides is 1. The largest absolute Gasteiger partial charge is 0.419 e. The molecule has 2 rings (SSSR count). The molecule has 0 aliphatic heterocycles. The number of benzene rings is 1. The predicted octanol–water partition coefficient (Wildman–Crippen LogP) is 1.34. The standard InChI is InChI=1S/C14H18N4O2/c1-14(2,13(15)19)9-16-8-11-17-18-12(20-11)10-6-4-3-5-7-10/h3-7,16H,8-9H2,1-2H3,(H2,15,19). The molecule has 0 aliphatic carbocycles. The molecule has 0 atom stereocenters. The zero-order chi connectivity index (χ0) is 14.6. The van der Waals surface area contributed by atoms with Crippen LogP contribution in [-0.4, -0.2) is 22.6 Å². The van der Waals surface area contributed by atoms with Gasteiger partial charge in [0.15, 0.2) is 0 Å². The number of hydrogen-bond donors (Lipinski definition) is 2. The molecular formula is C14H18N4O2. The van der Waals surface area contributed by atoms with Crippen LogP contribution >= 0.6 is 0 Å². The number of hydrogen-bond acceptors (Lipinski definition) is 5. The minimum Gasteiger partial charge on any atom is -0.419 e. The average molecular weight is 274 g/mol. The van der Waals surface area contributed by atoms with Crippen molar-refractivity contribution in [3.8, 4) is 11.5 Å². The summed E-state index contributed by atoms with van der Waals surface area (Å²) < 4.78 is 5.54. The van der Waals surface area contributed by atoms with Gasteiger partial charge in [-0.1, -0.05) is 18.2 Å². The molecule has 2 aromatic rings. The fourth-order valence-corrected chi connectivity index (χ4v) is 1.59. The first-order valence-electron chi connectivity index (χ1n) is 6.37. The maximum absolute atomic E-state index is 11.2. The van der Waals surface area contributed by atoms with Gasteiger partial charge >= 0.3 is 0 Å². The molecule has 6 nitrogen and oxygen atoms in total. The van der Waals surface area contributed by atoms with Crippen molar-refractivity contribution in [2.75, 3.05) is 6.54 Å². The summed E-state index contributed by atoms with van der Waals surface area (Å²) in [6, 6.07) is 9.55. The zero-order valence-corrected chi connectivity index (χ0v) is 11.6. The summed E-state index contributed by atoms with van der Waals surface area (Å²) in [4.78, 5) is 11.2. The second-order valence-electron chi connectivity index (χ2n) is 5.22. The van der Waals surface area contributed by atoms with E-state index < -0.39 is 5.41 Å². The lowest BCUT2D eigenvalue weighted by Crippen LogP contribution is -2.40. The highest BCUT2D eigenvalue weighted by Crippen LogP contribution is 2.17. The molecule has 0 saturated heterocycles. The third kappa shape index (κ3) is 3.42. The highest BCUT2D eigenvalue weighted by atomic mass is 16.4. The number of carbonyl (C=O) groups is 1. The minimum absolute atomic E-state index is 0.347. The van der Waals surface area contributed by atoms with Crippen molar-refractivity contribution in [3.63, 3.8) is 0 Å². The van der Waals surface area contributed by atoms with Crippen molar-refractivity contribution in [1.29, 1.82) is 0 Å². The minimum atomic E-state index is -0.609. The van der Waals surface area contributed by atoms with Gasteiger partial charge in [0.1, 0.15) is 0 Å². The van der Waals surface area contributed by atoms with Crippen LogP contribution < -0.4 is 11.1 Å². The Bertz CT molecular complexity index is 578. The maximum atomic E-state index is 11.2. The van der Waals surface area contributed by atoms with Gasteiger partial charge in [-0.15, -0.1) is 10.2 Å². The van der Waals surface area contributed by atoms with E-state index in [-0.39, 0.29) is 5.91 Å². The molecule has 0 fully saturated rings. The second-order valence-corrected chi connectivity index (χ2v) is 5.22. The average Bonchev–Trinajstić information content (AvgIpc) is 2.88. The topological polar surface area (TPSA) is 94.0 Å². The van der Waals surface area contributed by atoms with E-state index in [1.165, 1.54) is 0 Å². The molecule has 0 bridgehead atoms. The molecule has 1 aromatic heterocycles. The second kappa shape index (κ2) is 5.83. The molecule has 106 valence electrons. The Kier molecular flexibility index (Phi) is 4.14. The molecule has 0 spiro atoms. The molecule has 0 unspecified atom stereocenters. The molecule has 6 heteroatoms. The molecule has 0 radical (unpaired) electrons. The van der Waals surface area contributed by atoms with Crippen LogP contribution in [0.1, 0.15) is 19.7 Å². The lowest BCUT2D eigenvalue weighted by molar-refractivity contribution is -0.125. The van der Waals surface area contributed by atoms with Gasteiger partial charge < -0.3 is 15.5 Å². The van der Waals surface area contributed by atoms with Crippen LogP contribution in [0.25, 0.3) is 11.5 Å². The molecule has 20 heavy (non-hydrogen) atoms. The summed E-state index contributed by atoms with van der Waals surface area (Å²) in [7, 11) is 0. The monoisotopic (exact) mass is 274 g/mol. The van der Waals surface area contributed by atoms with Gasteiger partial charge in [0, 0.05) is 12.1 Å². The van der Waals surface area contributed by atoms with Gasteiger partial charge in [-0.25, -0.2) is 0 Å². The van der Waals surface area contributed by atoms with E-state index in [0.717, 1.165) is 5.56 Å². The summed E-state index contributed by atoms with van der Waals surface area (Å²) >= 11 is 0. The van der Waals surface area contributed by atoms with Crippen molar-refractivity contribution in [1.82, 2.24) is 15.5 Å². The normalized spacial score (nSPS) is 11.5. The molecule has 3 N–H and O–H groups in total. The number of carbonyl (C=O) groups excluding carboxylic acids is 1. The molecule has 0 saturated carbocycles. The Balaban J connectivity index is 1.93. The molecule has 1 amide bonds. The first kappa shape index (κ1) is 14.2. The van der Waals surface area contributed by atoms with Crippen molar-refractivity contribution >= 4 is 5.91 Å². The van der Waals surface area contributed by atoms with E-state index in [4.69, 9.17) is 10.2 Å². The van der Waals surface area contributed by atoms with Crippen molar-refractivity contribution in [2.24, 2.45) is 11.1 Å². The number of amides is 1. The number of nitrogens with zero attached hydrogens (tertiary/aromatic N) is 2. The highest BCUT2D eigenvalue weighted by molar-refractivity contribution is 5.80. The number of aromatic nitrogens is 2. The number of rotatable bonds is 6. The van der Waals surface area contributed by atoms with Crippen LogP contribution in [0.15, 0.2) is 34.7 Å². The van der Waals surface area contributed by atoms with E-state index >= 15 is 0 Å². The first-order chi connectivity index (χ1) is 9.49. The molecular weight excluding hydrogens is 256 g/mol. The van der Waals surface area contributed by atoms with E-state index in [0.29, 0.717) is 24.9 Å². The van der Waals surface area contributed by atoms with Gasteiger partial charge in [0.2, 0.25) is 17.7 Å². The van der Waals surface area contributed by atoms with Crippen LogP contribution in [0.3, 0.4) is 0 Å².